The van der Waals surface area contributed by atoms with Crippen LogP contribution in [0.3, 0.4) is 0 Å². The molecule has 3 heteroatoms. The SMILES string of the molecule is CCC(F)CC(C(=O)c1ccccc1)N1CCCC1. The van der Waals surface area contributed by atoms with Crippen molar-refractivity contribution in [2.24, 2.45) is 0 Å². The molecule has 0 amide bonds. The van der Waals surface area contributed by atoms with Crippen LogP contribution in [-0.2, 0) is 0 Å². The van der Waals surface area contributed by atoms with Crippen LogP contribution in [0.1, 0.15) is 43.0 Å². The molecule has 19 heavy (non-hydrogen) atoms. The van der Waals surface area contributed by atoms with Gasteiger partial charge in [0.05, 0.1) is 6.04 Å². The number of rotatable bonds is 6. The first-order valence-corrected chi connectivity index (χ1v) is 7.19. The van der Waals surface area contributed by atoms with Gasteiger partial charge in [-0.25, -0.2) is 4.39 Å². The summed E-state index contributed by atoms with van der Waals surface area (Å²) < 4.78 is 13.7. The Bertz CT molecular complexity index is 400. The van der Waals surface area contributed by atoms with Gasteiger partial charge in [0.2, 0.25) is 0 Å². The minimum Gasteiger partial charge on any atom is -0.293 e. The van der Waals surface area contributed by atoms with E-state index in [9.17, 15) is 9.18 Å². The maximum Gasteiger partial charge on any atom is 0.180 e. The van der Waals surface area contributed by atoms with Gasteiger partial charge in [-0.15, -0.1) is 0 Å². The van der Waals surface area contributed by atoms with Crippen molar-refractivity contribution in [1.29, 1.82) is 0 Å². The predicted octanol–water partition coefficient (Wildman–Crippen LogP) is 3.47. The van der Waals surface area contributed by atoms with Crippen molar-refractivity contribution in [2.45, 2.75) is 44.8 Å². The zero-order chi connectivity index (χ0) is 13.7. The molecule has 1 aromatic rings. The lowest BCUT2D eigenvalue weighted by Gasteiger charge is -2.27. The van der Waals surface area contributed by atoms with Crippen LogP contribution in [0.25, 0.3) is 0 Å². The lowest BCUT2D eigenvalue weighted by molar-refractivity contribution is 0.0796. The molecule has 1 fully saturated rings. The number of ketones is 1. The summed E-state index contributed by atoms with van der Waals surface area (Å²) in [6.45, 7) is 3.66. The van der Waals surface area contributed by atoms with E-state index in [1.165, 1.54) is 0 Å². The van der Waals surface area contributed by atoms with Crippen molar-refractivity contribution in [2.75, 3.05) is 13.1 Å². The van der Waals surface area contributed by atoms with Crippen LogP contribution in [0, 0.1) is 0 Å². The van der Waals surface area contributed by atoms with Crippen LogP contribution in [-0.4, -0.2) is 36.0 Å². The highest BCUT2D eigenvalue weighted by atomic mass is 19.1. The number of nitrogens with zero attached hydrogens (tertiary/aromatic N) is 1. The molecule has 0 saturated carbocycles. The van der Waals surface area contributed by atoms with Crippen LogP contribution in [0.2, 0.25) is 0 Å². The van der Waals surface area contributed by atoms with Crippen LogP contribution in [0.4, 0.5) is 4.39 Å². The molecule has 1 aliphatic heterocycles. The number of benzene rings is 1. The monoisotopic (exact) mass is 263 g/mol. The summed E-state index contributed by atoms with van der Waals surface area (Å²) in [7, 11) is 0. The highest BCUT2D eigenvalue weighted by Crippen LogP contribution is 2.21. The minimum atomic E-state index is -0.890. The molecule has 0 spiro atoms. The van der Waals surface area contributed by atoms with Gasteiger partial charge in [-0.1, -0.05) is 37.3 Å². The number of likely N-dealkylation sites (tertiary alicyclic amines) is 1. The van der Waals surface area contributed by atoms with Gasteiger partial charge < -0.3 is 0 Å². The van der Waals surface area contributed by atoms with Crippen molar-refractivity contribution < 1.29 is 9.18 Å². The Morgan fingerprint density at radius 3 is 2.47 bits per heavy atom. The molecule has 2 nitrogen and oxygen atoms in total. The zero-order valence-electron chi connectivity index (χ0n) is 11.5. The third-order valence-corrected chi connectivity index (χ3v) is 3.86. The van der Waals surface area contributed by atoms with Crippen molar-refractivity contribution in [3.05, 3.63) is 35.9 Å². The standard InChI is InChI=1S/C16H22FNO/c1-2-14(17)12-15(18-10-6-7-11-18)16(19)13-8-4-3-5-9-13/h3-5,8-9,14-15H,2,6-7,10-12H2,1H3. The summed E-state index contributed by atoms with van der Waals surface area (Å²) in [6, 6.07) is 8.97. The van der Waals surface area contributed by atoms with Gasteiger partial charge in [0.25, 0.3) is 0 Å². The molecule has 0 bridgehead atoms. The summed E-state index contributed by atoms with van der Waals surface area (Å²) in [5.74, 6) is 0.0681. The zero-order valence-corrected chi connectivity index (χ0v) is 11.5. The minimum absolute atomic E-state index is 0.0681. The van der Waals surface area contributed by atoms with Crippen LogP contribution in [0.5, 0.6) is 0 Å². The van der Waals surface area contributed by atoms with Gasteiger partial charge >= 0.3 is 0 Å². The van der Waals surface area contributed by atoms with E-state index in [2.05, 4.69) is 4.90 Å². The van der Waals surface area contributed by atoms with Gasteiger partial charge in [0, 0.05) is 12.0 Å². The fourth-order valence-electron chi connectivity index (χ4n) is 2.68. The fraction of sp³-hybridized carbons (Fsp3) is 0.562. The third kappa shape index (κ3) is 3.63. The Labute approximate surface area is 114 Å². The smallest absolute Gasteiger partial charge is 0.180 e. The highest BCUT2D eigenvalue weighted by molar-refractivity contribution is 6.00. The summed E-state index contributed by atoms with van der Waals surface area (Å²) in [5.41, 5.74) is 0.697. The number of carbonyl (C=O) groups excluding carboxylic acids is 1. The first-order valence-electron chi connectivity index (χ1n) is 7.19. The van der Waals surface area contributed by atoms with Gasteiger partial charge in [0.15, 0.2) is 5.78 Å². The Kier molecular flexibility index (Phi) is 5.08. The fourth-order valence-corrected chi connectivity index (χ4v) is 2.68. The molecule has 2 rings (SSSR count). The molecular weight excluding hydrogens is 241 g/mol. The van der Waals surface area contributed by atoms with E-state index in [1.54, 1.807) is 0 Å². The quantitative estimate of drug-likeness (QED) is 0.732. The van der Waals surface area contributed by atoms with E-state index in [-0.39, 0.29) is 11.8 Å². The second-order valence-corrected chi connectivity index (χ2v) is 5.23. The van der Waals surface area contributed by atoms with Crippen LogP contribution >= 0.6 is 0 Å². The summed E-state index contributed by atoms with van der Waals surface area (Å²) in [6.07, 6.45) is 2.14. The molecule has 0 aromatic heterocycles. The molecule has 1 heterocycles. The lowest BCUT2D eigenvalue weighted by Crippen LogP contribution is -2.41. The van der Waals surface area contributed by atoms with Crippen molar-refractivity contribution in [1.82, 2.24) is 4.90 Å². The molecule has 1 aromatic carbocycles. The molecule has 2 unspecified atom stereocenters. The number of carbonyl (C=O) groups is 1. The maximum atomic E-state index is 13.7. The maximum absolute atomic E-state index is 13.7. The molecular formula is C16H22FNO. The Balaban J connectivity index is 2.14. The van der Waals surface area contributed by atoms with Crippen molar-refractivity contribution in [3.8, 4) is 0 Å². The Morgan fingerprint density at radius 2 is 1.89 bits per heavy atom. The van der Waals surface area contributed by atoms with E-state index in [4.69, 9.17) is 0 Å². The number of Topliss-reactive ketones (excluding diaryl/α,β-unsaturated/α-hetero) is 1. The molecule has 0 radical (unpaired) electrons. The first-order chi connectivity index (χ1) is 9.22. The van der Waals surface area contributed by atoms with Crippen molar-refractivity contribution in [3.63, 3.8) is 0 Å². The van der Waals surface area contributed by atoms with E-state index in [1.807, 2.05) is 37.3 Å². The number of alkyl halides is 1. The summed E-state index contributed by atoms with van der Waals surface area (Å²) >= 11 is 0. The van der Waals surface area contributed by atoms with Gasteiger partial charge in [-0.3, -0.25) is 9.69 Å². The van der Waals surface area contributed by atoms with E-state index in [0.29, 0.717) is 18.4 Å². The molecule has 0 N–H and O–H groups in total. The second-order valence-electron chi connectivity index (χ2n) is 5.23. The van der Waals surface area contributed by atoms with E-state index < -0.39 is 6.17 Å². The van der Waals surface area contributed by atoms with Crippen LogP contribution < -0.4 is 0 Å². The predicted molar refractivity (Wildman–Crippen MR) is 75.2 cm³/mol. The van der Waals surface area contributed by atoms with E-state index >= 15 is 0 Å². The van der Waals surface area contributed by atoms with Crippen LogP contribution in [0.15, 0.2) is 30.3 Å². The Hall–Kier alpha value is -1.22. The average molecular weight is 263 g/mol. The highest BCUT2D eigenvalue weighted by Gasteiger charge is 2.30. The number of hydrogen-bond donors (Lipinski definition) is 0. The Morgan fingerprint density at radius 1 is 1.26 bits per heavy atom. The molecule has 104 valence electrons. The van der Waals surface area contributed by atoms with Gasteiger partial charge in [0.1, 0.15) is 6.17 Å². The molecule has 2 atom stereocenters. The van der Waals surface area contributed by atoms with Gasteiger partial charge in [-0.2, -0.15) is 0 Å². The third-order valence-electron chi connectivity index (χ3n) is 3.86. The molecule has 1 aliphatic rings. The number of halogens is 1. The number of hydrogen-bond acceptors (Lipinski definition) is 2. The largest absolute Gasteiger partial charge is 0.293 e. The molecule has 0 aliphatic carbocycles. The first kappa shape index (κ1) is 14.2. The normalized spacial score (nSPS) is 19.3. The lowest BCUT2D eigenvalue weighted by atomic mass is 9.97. The summed E-state index contributed by atoms with van der Waals surface area (Å²) in [5, 5.41) is 0. The average Bonchev–Trinajstić information content (AvgIpc) is 2.98. The second kappa shape index (κ2) is 6.80. The van der Waals surface area contributed by atoms with E-state index in [0.717, 1.165) is 25.9 Å². The topological polar surface area (TPSA) is 20.3 Å². The summed E-state index contributed by atoms with van der Waals surface area (Å²) in [4.78, 5) is 14.7. The van der Waals surface area contributed by atoms with Crippen molar-refractivity contribution >= 4 is 5.78 Å². The van der Waals surface area contributed by atoms with Gasteiger partial charge in [-0.05, 0) is 32.4 Å². The molecule has 1 saturated heterocycles.